The lowest BCUT2D eigenvalue weighted by molar-refractivity contribution is 0.142. The number of nitrogens with zero attached hydrogens (tertiary/aromatic N) is 2. The third-order valence-corrected chi connectivity index (χ3v) is 5.42. The van der Waals surface area contributed by atoms with Gasteiger partial charge in [0.05, 0.1) is 0 Å². The smallest absolute Gasteiger partial charge is 0.101 e. The van der Waals surface area contributed by atoms with E-state index < -0.39 is 0 Å². The molecule has 0 aliphatic carbocycles. The van der Waals surface area contributed by atoms with Gasteiger partial charge >= 0.3 is 0 Å². The Balaban J connectivity index is 2.11. The molecule has 24 heavy (non-hydrogen) atoms. The summed E-state index contributed by atoms with van der Waals surface area (Å²) in [5.74, 6) is 0. The third kappa shape index (κ3) is 8.99. The maximum absolute atomic E-state index is 2.60. The van der Waals surface area contributed by atoms with Crippen LogP contribution in [0.4, 0.5) is 0 Å². The second-order valence-electron chi connectivity index (χ2n) is 7.52. The summed E-state index contributed by atoms with van der Waals surface area (Å²) in [7, 11) is 0. The molecule has 0 aromatic rings. The van der Waals surface area contributed by atoms with Crippen molar-refractivity contribution in [3.8, 4) is 0 Å². The van der Waals surface area contributed by atoms with E-state index in [1.165, 1.54) is 96.4 Å². The van der Waals surface area contributed by atoms with E-state index in [0.717, 1.165) is 6.54 Å². The van der Waals surface area contributed by atoms with Crippen molar-refractivity contribution in [3.05, 3.63) is 12.4 Å². The fraction of sp³-hybridized carbons (Fsp3) is 0.909. The number of unbranched alkanes of at least 4 members (excludes halogenated alkanes) is 11. The minimum atomic E-state index is 0.640. The topological polar surface area (TPSA) is 6.48 Å². The maximum Gasteiger partial charge on any atom is 0.101 e. The van der Waals surface area contributed by atoms with Crippen molar-refractivity contribution < 1.29 is 0 Å². The van der Waals surface area contributed by atoms with E-state index in [0.29, 0.717) is 6.17 Å². The number of hydrogen-bond acceptors (Lipinski definition) is 2. The second-order valence-corrected chi connectivity index (χ2v) is 7.52. The average Bonchev–Trinajstić information content (AvgIpc) is 2.99. The molecule has 0 aromatic heterocycles. The SMILES string of the molecule is CCCCCCCCCCCC1N(CC)C=CN1CCCCCC. The van der Waals surface area contributed by atoms with Crippen molar-refractivity contribution in [1.82, 2.24) is 9.80 Å². The summed E-state index contributed by atoms with van der Waals surface area (Å²) in [6.07, 6.45) is 24.9. The monoisotopic (exact) mass is 336 g/mol. The minimum Gasteiger partial charge on any atom is -0.356 e. The van der Waals surface area contributed by atoms with Gasteiger partial charge in [-0.25, -0.2) is 0 Å². The molecule has 2 heteroatoms. The largest absolute Gasteiger partial charge is 0.356 e. The highest BCUT2D eigenvalue weighted by atomic mass is 15.4. The Bertz CT molecular complexity index is 300. The standard InChI is InChI=1S/C22H44N2/c1-4-7-9-11-12-13-14-15-16-18-22-23(6-3)20-21-24(22)19-17-10-8-5-2/h20-22H,4-19H2,1-3H3. The van der Waals surface area contributed by atoms with Crippen molar-refractivity contribution in [2.75, 3.05) is 13.1 Å². The van der Waals surface area contributed by atoms with E-state index in [1.54, 1.807) is 0 Å². The van der Waals surface area contributed by atoms with E-state index in [2.05, 4.69) is 43.0 Å². The van der Waals surface area contributed by atoms with Gasteiger partial charge in [-0.3, -0.25) is 0 Å². The van der Waals surface area contributed by atoms with Gasteiger partial charge in [0.1, 0.15) is 6.17 Å². The lowest BCUT2D eigenvalue weighted by Gasteiger charge is -2.32. The summed E-state index contributed by atoms with van der Waals surface area (Å²) in [4.78, 5) is 5.13. The van der Waals surface area contributed by atoms with E-state index in [9.17, 15) is 0 Å². The van der Waals surface area contributed by atoms with Crippen LogP contribution < -0.4 is 0 Å². The summed E-state index contributed by atoms with van der Waals surface area (Å²) in [6.45, 7) is 9.26. The zero-order valence-electron chi connectivity index (χ0n) is 16.9. The first-order valence-corrected chi connectivity index (χ1v) is 11.0. The van der Waals surface area contributed by atoms with E-state index in [-0.39, 0.29) is 0 Å². The molecule has 0 bridgehead atoms. The molecule has 2 nitrogen and oxygen atoms in total. The Morgan fingerprint density at radius 1 is 0.583 bits per heavy atom. The van der Waals surface area contributed by atoms with Crippen molar-refractivity contribution in [1.29, 1.82) is 0 Å². The van der Waals surface area contributed by atoms with Gasteiger partial charge < -0.3 is 9.80 Å². The van der Waals surface area contributed by atoms with Crippen LogP contribution in [0.2, 0.25) is 0 Å². The Hall–Kier alpha value is -0.660. The predicted octanol–water partition coefficient (Wildman–Crippen LogP) is 6.92. The summed E-state index contributed by atoms with van der Waals surface area (Å²) in [6, 6.07) is 0. The van der Waals surface area contributed by atoms with Gasteiger partial charge in [-0.15, -0.1) is 0 Å². The quantitative estimate of drug-likeness (QED) is 0.282. The minimum absolute atomic E-state index is 0.640. The van der Waals surface area contributed by atoms with Gasteiger partial charge in [0, 0.05) is 25.5 Å². The first-order chi connectivity index (χ1) is 11.8. The molecule has 1 unspecified atom stereocenters. The average molecular weight is 337 g/mol. The molecular formula is C22H44N2. The van der Waals surface area contributed by atoms with Crippen LogP contribution in [0.15, 0.2) is 12.4 Å². The molecule has 1 rings (SSSR count). The van der Waals surface area contributed by atoms with Gasteiger partial charge in [-0.05, 0) is 26.2 Å². The molecule has 0 saturated heterocycles. The highest BCUT2D eigenvalue weighted by Crippen LogP contribution is 2.22. The molecule has 1 heterocycles. The molecule has 1 aliphatic rings. The summed E-state index contributed by atoms with van der Waals surface area (Å²) >= 11 is 0. The van der Waals surface area contributed by atoms with Gasteiger partial charge in [0.15, 0.2) is 0 Å². The fourth-order valence-electron chi connectivity index (χ4n) is 3.79. The highest BCUT2D eigenvalue weighted by molar-refractivity contribution is 4.96. The van der Waals surface area contributed by atoms with Gasteiger partial charge in [0.25, 0.3) is 0 Å². The first-order valence-electron chi connectivity index (χ1n) is 11.0. The second kappa shape index (κ2) is 14.7. The number of rotatable bonds is 16. The van der Waals surface area contributed by atoms with Crippen LogP contribution in [0.3, 0.4) is 0 Å². The van der Waals surface area contributed by atoms with Gasteiger partial charge in [0.2, 0.25) is 0 Å². The summed E-state index contributed by atoms with van der Waals surface area (Å²) in [5, 5.41) is 0. The predicted molar refractivity (Wildman–Crippen MR) is 108 cm³/mol. The van der Waals surface area contributed by atoms with Crippen LogP contribution in [-0.4, -0.2) is 29.1 Å². The molecular weight excluding hydrogens is 292 g/mol. The van der Waals surface area contributed by atoms with E-state index in [4.69, 9.17) is 0 Å². The van der Waals surface area contributed by atoms with Crippen LogP contribution in [0, 0.1) is 0 Å². The molecule has 0 radical (unpaired) electrons. The molecule has 1 aliphatic heterocycles. The van der Waals surface area contributed by atoms with Crippen molar-refractivity contribution in [2.45, 2.75) is 117 Å². The molecule has 0 saturated carbocycles. The van der Waals surface area contributed by atoms with Gasteiger partial charge in [-0.1, -0.05) is 84.5 Å². The summed E-state index contributed by atoms with van der Waals surface area (Å²) < 4.78 is 0. The molecule has 0 N–H and O–H groups in total. The van der Waals surface area contributed by atoms with Crippen LogP contribution >= 0.6 is 0 Å². The van der Waals surface area contributed by atoms with Crippen molar-refractivity contribution >= 4 is 0 Å². The normalized spacial score (nSPS) is 17.2. The first kappa shape index (κ1) is 21.4. The summed E-state index contributed by atoms with van der Waals surface area (Å²) in [5.41, 5.74) is 0. The molecule has 0 amide bonds. The fourth-order valence-corrected chi connectivity index (χ4v) is 3.79. The maximum atomic E-state index is 2.60. The van der Waals surface area contributed by atoms with Crippen molar-refractivity contribution in [3.63, 3.8) is 0 Å². The third-order valence-electron chi connectivity index (χ3n) is 5.42. The Morgan fingerprint density at radius 2 is 1.08 bits per heavy atom. The van der Waals surface area contributed by atoms with Crippen LogP contribution in [0.5, 0.6) is 0 Å². The molecule has 0 spiro atoms. The van der Waals surface area contributed by atoms with Crippen molar-refractivity contribution in [2.24, 2.45) is 0 Å². The van der Waals surface area contributed by atoms with Crippen LogP contribution in [0.25, 0.3) is 0 Å². The van der Waals surface area contributed by atoms with Crippen LogP contribution in [-0.2, 0) is 0 Å². The molecule has 1 atom stereocenters. The highest BCUT2D eigenvalue weighted by Gasteiger charge is 2.23. The Morgan fingerprint density at radius 3 is 1.67 bits per heavy atom. The van der Waals surface area contributed by atoms with Crippen LogP contribution in [0.1, 0.15) is 111 Å². The lowest BCUT2D eigenvalue weighted by Crippen LogP contribution is -2.38. The number of hydrogen-bond donors (Lipinski definition) is 0. The molecule has 0 aromatic carbocycles. The zero-order valence-corrected chi connectivity index (χ0v) is 16.9. The van der Waals surface area contributed by atoms with E-state index >= 15 is 0 Å². The lowest BCUT2D eigenvalue weighted by atomic mass is 10.1. The van der Waals surface area contributed by atoms with E-state index in [1.807, 2.05) is 0 Å². The zero-order chi connectivity index (χ0) is 17.5. The Labute approximate surface area is 152 Å². The molecule has 142 valence electrons. The van der Waals surface area contributed by atoms with Gasteiger partial charge in [-0.2, -0.15) is 0 Å². The Kier molecular flexibility index (Phi) is 13.1. The molecule has 0 fully saturated rings.